The monoisotopic (exact) mass is 405 g/mol. The van der Waals surface area contributed by atoms with Crippen LogP contribution < -0.4 is 5.32 Å². The number of carbonyl (C=O) groups excluding carboxylic acids is 2. The number of pyridine rings is 1. The lowest BCUT2D eigenvalue weighted by atomic mass is 9.95. The molecule has 8 nitrogen and oxygen atoms in total. The summed E-state index contributed by atoms with van der Waals surface area (Å²) in [7, 11) is 0. The van der Waals surface area contributed by atoms with E-state index in [0.717, 1.165) is 18.5 Å². The lowest BCUT2D eigenvalue weighted by Gasteiger charge is -2.25. The molecule has 0 radical (unpaired) electrons. The minimum absolute atomic E-state index is 0.0589. The molecule has 1 atom stereocenters. The zero-order chi connectivity index (χ0) is 20.6. The Morgan fingerprint density at radius 1 is 1.17 bits per heavy atom. The number of rotatable bonds is 3. The van der Waals surface area contributed by atoms with Crippen molar-refractivity contribution in [2.75, 3.05) is 19.6 Å². The average molecular weight is 405 g/mol. The van der Waals surface area contributed by atoms with Gasteiger partial charge in [-0.05, 0) is 24.5 Å². The number of aromatic nitrogens is 3. The van der Waals surface area contributed by atoms with E-state index < -0.39 is 5.60 Å². The van der Waals surface area contributed by atoms with Gasteiger partial charge in [0.15, 0.2) is 5.65 Å². The number of likely N-dealkylation sites (tertiary alicyclic amines) is 1. The van der Waals surface area contributed by atoms with Crippen molar-refractivity contribution < 1.29 is 14.3 Å². The van der Waals surface area contributed by atoms with E-state index >= 15 is 0 Å². The number of ether oxygens (including phenoxy) is 1. The molecule has 30 heavy (non-hydrogen) atoms. The molecule has 5 rings (SSSR count). The highest BCUT2D eigenvalue weighted by Crippen LogP contribution is 2.30. The van der Waals surface area contributed by atoms with Gasteiger partial charge in [0.1, 0.15) is 11.1 Å². The van der Waals surface area contributed by atoms with Crippen molar-refractivity contribution in [2.45, 2.75) is 31.4 Å². The molecule has 2 aliphatic heterocycles. The standard InChI is InChI=1S/C22H23N5O3/c28-20(26-9-4-7-22(8-10-26)14-24-21(29)30-22)17-11-18-19(23-12-17)27(15-25-18)13-16-5-2-1-3-6-16/h1-3,5-6,11-12,15H,4,7-10,13-14H2,(H,24,29). The quantitative estimate of drug-likeness (QED) is 0.723. The van der Waals surface area contributed by atoms with E-state index in [4.69, 9.17) is 4.74 Å². The Morgan fingerprint density at radius 2 is 2.03 bits per heavy atom. The highest BCUT2D eigenvalue weighted by molar-refractivity contribution is 5.96. The van der Waals surface area contributed by atoms with Crippen LogP contribution in [0, 0.1) is 0 Å². The van der Waals surface area contributed by atoms with Gasteiger partial charge in [-0.25, -0.2) is 14.8 Å². The van der Waals surface area contributed by atoms with Gasteiger partial charge in [-0.15, -0.1) is 0 Å². The van der Waals surface area contributed by atoms with Gasteiger partial charge in [-0.2, -0.15) is 0 Å². The molecule has 2 amide bonds. The van der Waals surface area contributed by atoms with Crippen molar-refractivity contribution in [1.29, 1.82) is 0 Å². The number of amides is 2. The Labute approximate surface area is 173 Å². The van der Waals surface area contributed by atoms with Crippen molar-refractivity contribution in [1.82, 2.24) is 24.8 Å². The van der Waals surface area contributed by atoms with Gasteiger partial charge in [0.05, 0.1) is 25.0 Å². The second kappa shape index (κ2) is 7.44. The van der Waals surface area contributed by atoms with Gasteiger partial charge in [-0.1, -0.05) is 30.3 Å². The van der Waals surface area contributed by atoms with E-state index in [-0.39, 0.29) is 12.0 Å². The molecule has 4 heterocycles. The van der Waals surface area contributed by atoms with Crippen LogP contribution in [0.5, 0.6) is 0 Å². The molecular weight excluding hydrogens is 382 g/mol. The molecule has 0 aliphatic carbocycles. The second-order valence-corrected chi connectivity index (χ2v) is 8.00. The zero-order valence-corrected chi connectivity index (χ0v) is 16.6. The smallest absolute Gasteiger partial charge is 0.407 e. The van der Waals surface area contributed by atoms with Crippen LogP contribution >= 0.6 is 0 Å². The van der Waals surface area contributed by atoms with Gasteiger partial charge in [-0.3, -0.25) is 4.79 Å². The first-order valence-electron chi connectivity index (χ1n) is 10.2. The molecule has 2 fully saturated rings. The molecule has 154 valence electrons. The molecule has 2 aliphatic rings. The van der Waals surface area contributed by atoms with E-state index in [1.165, 1.54) is 5.56 Å². The maximum Gasteiger partial charge on any atom is 0.407 e. The average Bonchev–Trinajstić information content (AvgIpc) is 3.26. The molecule has 2 saturated heterocycles. The van der Waals surface area contributed by atoms with Crippen molar-refractivity contribution in [2.24, 2.45) is 0 Å². The molecule has 0 saturated carbocycles. The number of hydrogen-bond donors (Lipinski definition) is 1. The lowest BCUT2D eigenvalue weighted by molar-refractivity contribution is 0.0438. The Balaban J connectivity index is 1.32. The van der Waals surface area contributed by atoms with Gasteiger partial charge in [0, 0.05) is 25.7 Å². The fourth-order valence-corrected chi connectivity index (χ4v) is 4.30. The number of nitrogens with one attached hydrogen (secondary N) is 1. The van der Waals surface area contributed by atoms with Crippen LogP contribution in [0.4, 0.5) is 4.79 Å². The molecular formula is C22H23N5O3. The van der Waals surface area contributed by atoms with Crippen LogP contribution in [0.25, 0.3) is 11.2 Å². The van der Waals surface area contributed by atoms with Crippen LogP contribution in [-0.4, -0.2) is 56.7 Å². The Kier molecular flexibility index (Phi) is 4.61. The predicted molar refractivity (Wildman–Crippen MR) is 110 cm³/mol. The molecule has 8 heteroatoms. The Bertz CT molecular complexity index is 1100. The van der Waals surface area contributed by atoms with E-state index in [1.54, 1.807) is 12.5 Å². The van der Waals surface area contributed by atoms with Crippen LogP contribution in [0.15, 0.2) is 48.9 Å². The molecule has 1 aromatic carbocycles. The maximum absolute atomic E-state index is 13.1. The molecule has 2 aromatic heterocycles. The fourth-order valence-electron chi connectivity index (χ4n) is 4.30. The molecule has 1 N–H and O–H groups in total. The Hall–Kier alpha value is -3.42. The summed E-state index contributed by atoms with van der Waals surface area (Å²) < 4.78 is 7.48. The summed E-state index contributed by atoms with van der Waals surface area (Å²) in [5, 5.41) is 2.74. The van der Waals surface area contributed by atoms with Crippen molar-refractivity contribution in [3.8, 4) is 0 Å². The third kappa shape index (κ3) is 3.49. The number of fused-ring (bicyclic) bond motifs is 1. The predicted octanol–water partition coefficient (Wildman–Crippen LogP) is 2.58. The van der Waals surface area contributed by atoms with Crippen LogP contribution in [-0.2, 0) is 11.3 Å². The molecule has 0 bridgehead atoms. The van der Waals surface area contributed by atoms with Gasteiger partial charge in [0.25, 0.3) is 5.91 Å². The van der Waals surface area contributed by atoms with E-state index in [1.807, 2.05) is 33.7 Å². The molecule has 3 aromatic rings. The van der Waals surface area contributed by atoms with E-state index in [9.17, 15) is 9.59 Å². The summed E-state index contributed by atoms with van der Waals surface area (Å²) in [5.41, 5.74) is 2.68. The summed E-state index contributed by atoms with van der Waals surface area (Å²) in [6.45, 7) is 2.38. The van der Waals surface area contributed by atoms with Crippen molar-refractivity contribution in [3.05, 3.63) is 60.0 Å². The second-order valence-electron chi connectivity index (χ2n) is 8.00. The maximum atomic E-state index is 13.1. The number of hydrogen-bond acceptors (Lipinski definition) is 5. The van der Waals surface area contributed by atoms with Gasteiger partial charge < -0.3 is 19.5 Å². The van der Waals surface area contributed by atoms with E-state index in [2.05, 4.69) is 27.4 Å². The highest BCUT2D eigenvalue weighted by atomic mass is 16.6. The molecule has 1 unspecified atom stereocenters. The third-order valence-electron chi connectivity index (χ3n) is 5.95. The Morgan fingerprint density at radius 3 is 2.83 bits per heavy atom. The minimum Gasteiger partial charge on any atom is -0.441 e. The largest absolute Gasteiger partial charge is 0.441 e. The fraction of sp³-hybridized carbons (Fsp3) is 0.364. The normalized spacial score (nSPS) is 21.5. The van der Waals surface area contributed by atoms with Crippen LogP contribution in [0.2, 0.25) is 0 Å². The first-order valence-corrected chi connectivity index (χ1v) is 10.2. The summed E-state index contributed by atoms with van der Waals surface area (Å²) in [6, 6.07) is 11.9. The topological polar surface area (TPSA) is 89.4 Å². The minimum atomic E-state index is -0.482. The number of imidazole rings is 1. The van der Waals surface area contributed by atoms with Gasteiger partial charge in [0.2, 0.25) is 0 Å². The zero-order valence-electron chi connectivity index (χ0n) is 16.6. The highest BCUT2D eigenvalue weighted by Gasteiger charge is 2.41. The lowest BCUT2D eigenvalue weighted by Crippen LogP contribution is -2.36. The van der Waals surface area contributed by atoms with Crippen molar-refractivity contribution >= 4 is 23.2 Å². The van der Waals surface area contributed by atoms with Crippen molar-refractivity contribution in [3.63, 3.8) is 0 Å². The van der Waals surface area contributed by atoms with Crippen LogP contribution in [0.3, 0.4) is 0 Å². The summed E-state index contributed by atoms with van der Waals surface area (Å²) in [5.74, 6) is -0.0589. The van der Waals surface area contributed by atoms with Gasteiger partial charge >= 0.3 is 6.09 Å². The molecule has 1 spiro atoms. The summed E-state index contributed by atoms with van der Waals surface area (Å²) >= 11 is 0. The SMILES string of the molecule is O=C1NCC2(CCCN(C(=O)c3cnc4c(c3)ncn4Cc3ccccc3)CC2)O1. The van der Waals surface area contributed by atoms with E-state index in [0.29, 0.717) is 43.7 Å². The van der Waals surface area contributed by atoms with Crippen LogP contribution in [0.1, 0.15) is 35.2 Å². The first-order chi connectivity index (χ1) is 14.6. The first kappa shape index (κ1) is 18.6. The number of nitrogens with zero attached hydrogens (tertiary/aromatic N) is 4. The summed E-state index contributed by atoms with van der Waals surface area (Å²) in [6.07, 6.45) is 5.22. The third-order valence-corrected chi connectivity index (χ3v) is 5.95. The number of benzene rings is 1. The number of alkyl carbamates (subject to hydrolysis) is 1. The summed E-state index contributed by atoms with van der Waals surface area (Å²) in [4.78, 5) is 35.4. The number of carbonyl (C=O) groups is 2.